The van der Waals surface area contributed by atoms with Crippen molar-refractivity contribution in [1.29, 1.82) is 0 Å². The molecule has 0 fully saturated rings. The average molecular weight is 128 g/mol. The van der Waals surface area contributed by atoms with Gasteiger partial charge in [0.05, 0.1) is 0 Å². The number of hydrogen-bond acceptors (Lipinski definition) is 1. The topological polar surface area (TPSA) is 23.1 Å². The van der Waals surface area contributed by atoms with Crippen LogP contribution in [0.25, 0.3) is 0 Å². The summed E-state index contributed by atoms with van der Waals surface area (Å²) in [6.45, 7) is 5.31. The van der Waals surface area contributed by atoms with Crippen LogP contribution in [0.2, 0.25) is 19.6 Å². The van der Waals surface area contributed by atoms with E-state index < -0.39 is 8.32 Å². The van der Waals surface area contributed by atoms with Crippen LogP contribution in [-0.2, 0) is 0 Å². The smallest absolute Gasteiger partial charge is 0 e. The Labute approximate surface area is 82.7 Å². The molecule has 0 N–H and O–H groups in total. The third kappa shape index (κ3) is 41.0. The molecule has 0 amide bonds. The predicted molar refractivity (Wildman–Crippen MR) is 29.1 cm³/mol. The zero-order chi connectivity index (χ0) is 4.50. The fraction of sp³-hybridized carbons (Fsp3) is 1.00. The summed E-state index contributed by atoms with van der Waals surface area (Å²) in [5.41, 5.74) is 0. The van der Waals surface area contributed by atoms with Crippen molar-refractivity contribution >= 4 is 59.7 Å². The second-order valence-electron chi connectivity index (χ2n) is 2.11. The largest absolute Gasteiger partial charge is 0.859 e. The standard InChI is InChI=1S/C3H9OSi.K/c1-5(2,3)4;/h1-3H3;/q-1;. The summed E-state index contributed by atoms with van der Waals surface area (Å²) < 4.78 is 0. The Morgan fingerprint density at radius 2 is 1.17 bits per heavy atom. The van der Waals surface area contributed by atoms with Gasteiger partial charge in [-0.1, -0.05) is 28.0 Å². The molecule has 0 aliphatic carbocycles. The normalized spacial score (nSPS) is 10.0. The van der Waals surface area contributed by atoms with Crippen LogP contribution in [-0.4, -0.2) is 59.7 Å². The van der Waals surface area contributed by atoms with Gasteiger partial charge in [0.2, 0.25) is 0 Å². The first-order valence-electron chi connectivity index (χ1n) is 1.70. The first kappa shape index (κ1) is 10.7. The Bertz CT molecular complexity index is 26.3. The fourth-order valence-electron chi connectivity index (χ4n) is 0. The van der Waals surface area contributed by atoms with Gasteiger partial charge in [-0.3, -0.25) is 0 Å². The van der Waals surface area contributed by atoms with Gasteiger partial charge < -0.3 is 4.80 Å². The molecule has 0 aliphatic heterocycles. The first-order valence-corrected chi connectivity index (χ1v) is 5.11. The Morgan fingerprint density at radius 3 is 1.17 bits per heavy atom. The molecule has 0 heterocycles. The van der Waals surface area contributed by atoms with Crippen molar-refractivity contribution in [2.24, 2.45) is 0 Å². The maximum atomic E-state index is 10.2. The average Bonchev–Trinajstić information content (AvgIpc) is 0.722. The van der Waals surface area contributed by atoms with E-state index in [9.17, 15) is 4.80 Å². The van der Waals surface area contributed by atoms with Gasteiger partial charge in [-0.15, -0.1) is 0 Å². The van der Waals surface area contributed by atoms with Crippen molar-refractivity contribution in [3.63, 3.8) is 0 Å². The van der Waals surface area contributed by atoms with E-state index in [0.29, 0.717) is 0 Å². The molecule has 0 unspecified atom stereocenters. The summed E-state index contributed by atoms with van der Waals surface area (Å²) in [4.78, 5) is 10.2. The third-order valence-electron chi connectivity index (χ3n) is 0. The van der Waals surface area contributed by atoms with Gasteiger partial charge in [0.1, 0.15) is 0 Å². The first-order chi connectivity index (χ1) is 2.00. The molecule has 3 heteroatoms. The van der Waals surface area contributed by atoms with Gasteiger partial charge in [-0.25, -0.2) is 0 Å². The van der Waals surface area contributed by atoms with Crippen LogP contribution in [0, 0.1) is 0 Å². The van der Waals surface area contributed by atoms with Gasteiger partial charge in [-0.2, -0.15) is 0 Å². The van der Waals surface area contributed by atoms with Crippen molar-refractivity contribution < 1.29 is 4.80 Å². The monoisotopic (exact) mass is 128 g/mol. The minimum Gasteiger partial charge on any atom is -0.859 e. The molecule has 0 saturated carbocycles. The maximum Gasteiger partial charge on any atom is 0 e. The summed E-state index contributed by atoms with van der Waals surface area (Å²) in [5, 5.41) is 0. The van der Waals surface area contributed by atoms with E-state index in [1.54, 1.807) is 19.6 Å². The van der Waals surface area contributed by atoms with E-state index >= 15 is 0 Å². The van der Waals surface area contributed by atoms with E-state index in [1.807, 2.05) is 0 Å². The van der Waals surface area contributed by atoms with Crippen LogP contribution >= 0.6 is 0 Å². The van der Waals surface area contributed by atoms with Gasteiger partial charge >= 0.3 is 0 Å². The van der Waals surface area contributed by atoms with Crippen LogP contribution in [0.1, 0.15) is 0 Å². The third-order valence-corrected chi connectivity index (χ3v) is 0. The zero-order valence-electron chi connectivity index (χ0n) is 4.91. The maximum absolute atomic E-state index is 10.2. The van der Waals surface area contributed by atoms with Crippen LogP contribution in [0.15, 0.2) is 0 Å². The molecule has 0 aliphatic rings. The molecule has 1 radical (unpaired) electrons. The molecular weight excluding hydrogens is 119 g/mol. The molecule has 0 aromatic rings. The Morgan fingerprint density at radius 1 is 1.17 bits per heavy atom. The Kier molecular flexibility index (Phi) is 6.75. The van der Waals surface area contributed by atoms with Gasteiger partial charge in [0.25, 0.3) is 0 Å². The Balaban J connectivity index is 0. The van der Waals surface area contributed by atoms with E-state index in [2.05, 4.69) is 0 Å². The second-order valence-corrected chi connectivity index (χ2v) is 6.34. The quantitative estimate of drug-likeness (QED) is 0.414. The van der Waals surface area contributed by atoms with Crippen molar-refractivity contribution in [1.82, 2.24) is 0 Å². The van der Waals surface area contributed by atoms with Gasteiger partial charge in [-0.05, 0) is 0 Å². The molecule has 0 saturated heterocycles. The number of hydrogen-bond donors (Lipinski definition) is 0. The molecule has 1 nitrogen and oxygen atoms in total. The summed E-state index contributed by atoms with van der Waals surface area (Å²) in [7, 11) is -1.86. The fourth-order valence-corrected chi connectivity index (χ4v) is 0. The zero-order valence-corrected chi connectivity index (χ0v) is 9.03. The van der Waals surface area contributed by atoms with Crippen molar-refractivity contribution in [3.05, 3.63) is 0 Å². The molecular formula is C3H9KOSi-. The van der Waals surface area contributed by atoms with Crippen molar-refractivity contribution in [2.75, 3.05) is 0 Å². The molecule has 0 aromatic heterocycles. The summed E-state index contributed by atoms with van der Waals surface area (Å²) in [6.07, 6.45) is 0. The SMILES string of the molecule is C[Si](C)(C)[O-].[K]. The minimum absolute atomic E-state index is 0. The molecule has 0 atom stereocenters. The molecule has 33 valence electrons. The van der Waals surface area contributed by atoms with Gasteiger partial charge in [0, 0.05) is 51.4 Å². The van der Waals surface area contributed by atoms with Crippen molar-refractivity contribution in [2.45, 2.75) is 19.6 Å². The Hall–Kier alpha value is 1.81. The molecule has 0 aromatic carbocycles. The van der Waals surface area contributed by atoms with E-state index in [-0.39, 0.29) is 51.4 Å². The van der Waals surface area contributed by atoms with E-state index in [4.69, 9.17) is 0 Å². The molecule has 6 heavy (non-hydrogen) atoms. The summed E-state index contributed by atoms with van der Waals surface area (Å²) >= 11 is 0. The van der Waals surface area contributed by atoms with Gasteiger partial charge in [0.15, 0.2) is 0 Å². The van der Waals surface area contributed by atoms with Crippen LogP contribution in [0.4, 0.5) is 0 Å². The van der Waals surface area contributed by atoms with Crippen LogP contribution < -0.4 is 4.80 Å². The molecule has 0 bridgehead atoms. The summed E-state index contributed by atoms with van der Waals surface area (Å²) in [5.74, 6) is 0. The van der Waals surface area contributed by atoms with Crippen molar-refractivity contribution in [3.8, 4) is 0 Å². The second kappa shape index (κ2) is 3.77. The van der Waals surface area contributed by atoms with E-state index in [1.165, 1.54) is 0 Å². The number of rotatable bonds is 0. The van der Waals surface area contributed by atoms with E-state index in [0.717, 1.165) is 0 Å². The molecule has 0 spiro atoms. The predicted octanol–water partition coefficient (Wildman–Crippen LogP) is -0.199. The minimum atomic E-state index is -1.86. The van der Waals surface area contributed by atoms with Crippen LogP contribution in [0.5, 0.6) is 0 Å². The summed E-state index contributed by atoms with van der Waals surface area (Å²) in [6, 6.07) is 0. The molecule has 0 rings (SSSR count). The van der Waals surface area contributed by atoms with Crippen LogP contribution in [0.3, 0.4) is 0 Å².